The number of aromatic amines is 1. The maximum Gasteiger partial charge on any atom is 0.263 e. The molecule has 0 fully saturated rings. The van der Waals surface area contributed by atoms with Crippen molar-refractivity contribution in [2.24, 2.45) is 0 Å². The Bertz CT molecular complexity index is 730. The number of hydrogen-bond acceptors (Lipinski definition) is 5. The molecule has 0 aliphatic heterocycles. The van der Waals surface area contributed by atoms with Crippen LogP contribution in [0.4, 0.5) is 5.69 Å². The summed E-state index contributed by atoms with van der Waals surface area (Å²) in [5.74, 6) is 5.44. The van der Waals surface area contributed by atoms with Gasteiger partial charge in [0.05, 0.1) is 18.5 Å². The first-order chi connectivity index (χ1) is 9.62. The lowest BCUT2D eigenvalue weighted by Crippen LogP contribution is -2.13. The molecule has 0 saturated heterocycles. The van der Waals surface area contributed by atoms with Crippen molar-refractivity contribution in [2.45, 2.75) is 11.3 Å². The summed E-state index contributed by atoms with van der Waals surface area (Å²) < 4.78 is 26.6. The lowest BCUT2D eigenvalue weighted by molar-refractivity contribution is 0.305. The Hall–Kier alpha value is -2.37. The van der Waals surface area contributed by atoms with Crippen LogP contribution in [0.3, 0.4) is 0 Å². The Balaban J connectivity index is 2.24. The van der Waals surface area contributed by atoms with E-state index in [1.807, 2.05) is 0 Å². The SMILES string of the molecule is O=S(=O)(Nc1cn[nH]c1)c1cncc(C#CCCO)c1. The van der Waals surface area contributed by atoms with Gasteiger partial charge in [-0.15, -0.1) is 0 Å². The largest absolute Gasteiger partial charge is 0.395 e. The van der Waals surface area contributed by atoms with Gasteiger partial charge in [-0.05, 0) is 6.07 Å². The van der Waals surface area contributed by atoms with Crippen LogP contribution in [0.2, 0.25) is 0 Å². The lowest BCUT2D eigenvalue weighted by Gasteiger charge is -2.05. The number of nitrogens with zero attached hydrogens (tertiary/aromatic N) is 2. The van der Waals surface area contributed by atoms with Crippen molar-refractivity contribution in [3.63, 3.8) is 0 Å². The Labute approximate surface area is 116 Å². The molecule has 20 heavy (non-hydrogen) atoms. The average Bonchev–Trinajstić information content (AvgIpc) is 2.92. The van der Waals surface area contributed by atoms with Gasteiger partial charge in [0.15, 0.2) is 0 Å². The molecule has 0 aromatic carbocycles. The summed E-state index contributed by atoms with van der Waals surface area (Å²) in [6, 6.07) is 1.42. The van der Waals surface area contributed by atoms with E-state index in [9.17, 15) is 8.42 Å². The zero-order valence-corrected chi connectivity index (χ0v) is 11.2. The van der Waals surface area contributed by atoms with Crippen molar-refractivity contribution in [1.29, 1.82) is 0 Å². The maximum absolute atomic E-state index is 12.1. The number of hydrogen-bond donors (Lipinski definition) is 3. The molecule has 0 aliphatic rings. The fourth-order valence-electron chi connectivity index (χ4n) is 1.38. The summed E-state index contributed by atoms with van der Waals surface area (Å²) in [5.41, 5.74) is 0.801. The van der Waals surface area contributed by atoms with Gasteiger partial charge in [0.25, 0.3) is 10.0 Å². The second-order valence-corrected chi connectivity index (χ2v) is 5.46. The maximum atomic E-state index is 12.1. The highest BCUT2D eigenvalue weighted by Gasteiger charge is 2.15. The Morgan fingerprint density at radius 1 is 1.35 bits per heavy atom. The van der Waals surface area contributed by atoms with Gasteiger partial charge in [-0.3, -0.25) is 14.8 Å². The number of sulfonamides is 1. The smallest absolute Gasteiger partial charge is 0.263 e. The zero-order valence-electron chi connectivity index (χ0n) is 10.4. The first-order valence-corrected chi connectivity index (χ1v) is 7.16. The summed E-state index contributed by atoms with van der Waals surface area (Å²) in [4.78, 5) is 3.86. The molecule has 2 aromatic rings. The molecule has 0 amide bonds. The van der Waals surface area contributed by atoms with Crippen LogP contribution in [0.25, 0.3) is 0 Å². The van der Waals surface area contributed by atoms with Crippen molar-refractivity contribution in [1.82, 2.24) is 15.2 Å². The van der Waals surface area contributed by atoms with Crippen LogP contribution in [0.5, 0.6) is 0 Å². The summed E-state index contributed by atoms with van der Waals surface area (Å²) in [6.45, 7) is -0.0412. The van der Waals surface area contributed by atoms with Gasteiger partial charge in [0.1, 0.15) is 4.90 Å². The summed E-state index contributed by atoms with van der Waals surface area (Å²) in [5, 5.41) is 14.8. The highest BCUT2D eigenvalue weighted by molar-refractivity contribution is 7.92. The van der Waals surface area contributed by atoms with E-state index in [1.54, 1.807) is 0 Å². The third-order valence-electron chi connectivity index (χ3n) is 2.24. The first-order valence-electron chi connectivity index (χ1n) is 5.68. The predicted molar refractivity (Wildman–Crippen MR) is 72.2 cm³/mol. The van der Waals surface area contributed by atoms with Gasteiger partial charge < -0.3 is 5.11 Å². The van der Waals surface area contributed by atoms with E-state index in [1.165, 1.54) is 30.9 Å². The molecule has 7 nitrogen and oxygen atoms in total. The molecular formula is C12H12N4O3S. The second kappa shape index (κ2) is 6.18. The van der Waals surface area contributed by atoms with E-state index in [0.717, 1.165) is 0 Å². The van der Waals surface area contributed by atoms with Crippen molar-refractivity contribution >= 4 is 15.7 Å². The molecule has 8 heteroatoms. The van der Waals surface area contributed by atoms with Crippen LogP contribution >= 0.6 is 0 Å². The Morgan fingerprint density at radius 3 is 2.90 bits per heavy atom. The molecule has 3 N–H and O–H groups in total. The third-order valence-corrected chi connectivity index (χ3v) is 3.59. The van der Waals surface area contributed by atoms with Crippen molar-refractivity contribution in [3.8, 4) is 11.8 Å². The van der Waals surface area contributed by atoms with Gasteiger partial charge in [0, 0.05) is 30.6 Å². The van der Waals surface area contributed by atoms with Gasteiger partial charge in [-0.2, -0.15) is 5.10 Å². The van der Waals surface area contributed by atoms with Crippen molar-refractivity contribution < 1.29 is 13.5 Å². The molecule has 0 radical (unpaired) electrons. The normalized spacial score (nSPS) is 10.7. The zero-order chi connectivity index (χ0) is 14.4. The predicted octanol–water partition coefficient (Wildman–Crippen LogP) is 0.339. The number of aliphatic hydroxyl groups is 1. The third kappa shape index (κ3) is 3.57. The second-order valence-electron chi connectivity index (χ2n) is 3.78. The number of pyridine rings is 1. The van der Waals surface area contributed by atoms with E-state index >= 15 is 0 Å². The quantitative estimate of drug-likeness (QED) is 0.704. The average molecular weight is 292 g/mol. The van der Waals surface area contributed by atoms with Crippen LogP contribution in [-0.4, -0.2) is 35.3 Å². The standard InChI is InChI=1S/C12H12N4O3S/c17-4-2-1-3-10-5-12(9-13-6-10)20(18,19)16-11-7-14-15-8-11/h5-9,16-17H,2,4H2,(H,14,15). The number of anilines is 1. The van der Waals surface area contributed by atoms with Gasteiger partial charge in [0.2, 0.25) is 0 Å². The Morgan fingerprint density at radius 2 is 2.20 bits per heavy atom. The van der Waals surface area contributed by atoms with Gasteiger partial charge in [-0.25, -0.2) is 8.42 Å². The minimum Gasteiger partial charge on any atom is -0.395 e. The molecule has 0 spiro atoms. The van der Waals surface area contributed by atoms with E-state index in [0.29, 0.717) is 17.7 Å². The molecular weight excluding hydrogens is 280 g/mol. The molecule has 104 valence electrons. The van der Waals surface area contributed by atoms with Gasteiger partial charge in [-0.1, -0.05) is 11.8 Å². The number of rotatable bonds is 4. The molecule has 0 bridgehead atoms. The summed E-state index contributed by atoms with van der Waals surface area (Å²) in [7, 11) is -3.73. The van der Waals surface area contributed by atoms with Crippen LogP contribution in [0.1, 0.15) is 12.0 Å². The monoisotopic (exact) mass is 292 g/mol. The minimum absolute atomic E-state index is 0.00879. The van der Waals surface area contributed by atoms with Gasteiger partial charge >= 0.3 is 0 Å². The Kier molecular flexibility index (Phi) is 4.34. The molecule has 0 atom stereocenters. The molecule has 2 heterocycles. The number of H-pyrrole nitrogens is 1. The molecule has 2 aromatic heterocycles. The lowest BCUT2D eigenvalue weighted by atomic mass is 10.3. The molecule has 0 aliphatic carbocycles. The number of aliphatic hydroxyl groups excluding tert-OH is 1. The molecule has 0 unspecified atom stereocenters. The minimum atomic E-state index is -3.73. The van der Waals surface area contributed by atoms with E-state index in [-0.39, 0.29) is 11.5 Å². The molecule has 2 rings (SSSR count). The summed E-state index contributed by atoms with van der Waals surface area (Å²) >= 11 is 0. The molecule has 0 saturated carbocycles. The van der Waals surface area contributed by atoms with Crippen LogP contribution in [0.15, 0.2) is 35.7 Å². The van der Waals surface area contributed by atoms with Crippen molar-refractivity contribution in [3.05, 3.63) is 36.4 Å². The topological polar surface area (TPSA) is 108 Å². The van der Waals surface area contributed by atoms with Crippen LogP contribution in [0, 0.1) is 11.8 Å². The highest BCUT2D eigenvalue weighted by Crippen LogP contribution is 2.14. The van der Waals surface area contributed by atoms with Crippen molar-refractivity contribution in [2.75, 3.05) is 11.3 Å². The van der Waals surface area contributed by atoms with Crippen LogP contribution < -0.4 is 4.72 Å². The highest BCUT2D eigenvalue weighted by atomic mass is 32.2. The van der Waals surface area contributed by atoms with Crippen LogP contribution in [-0.2, 0) is 10.0 Å². The summed E-state index contributed by atoms with van der Waals surface area (Å²) in [6.07, 6.45) is 5.80. The number of aromatic nitrogens is 3. The van der Waals surface area contributed by atoms with E-state index < -0.39 is 10.0 Å². The fourth-order valence-corrected chi connectivity index (χ4v) is 2.40. The first kappa shape index (κ1) is 14.0. The van der Waals surface area contributed by atoms with E-state index in [4.69, 9.17) is 5.11 Å². The number of nitrogens with one attached hydrogen (secondary N) is 2. The van der Waals surface area contributed by atoms with E-state index in [2.05, 4.69) is 31.7 Å². The fraction of sp³-hybridized carbons (Fsp3) is 0.167.